The fourth-order valence-corrected chi connectivity index (χ4v) is 3.92. The molecule has 6 heteroatoms. The van der Waals surface area contributed by atoms with E-state index in [2.05, 4.69) is 28.9 Å². The number of hydrogen-bond donors (Lipinski definition) is 1. The fraction of sp³-hybridized carbons (Fsp3) is 0.500. The first kappa shape index (κ1) is 12.2. The molecule has 3 heterocycles. The molecule has 0 amide bonds. The van der Waals surface area contributed by atoms with Crippen LogP contribution in [-0.4, -0.2) is 32.8 Å². The highest BCUT2D eigenvalue weighted by Gasteiger charge is 2.18. The summed E-state index contributed by atoms with van der Waals surface area (Å²) < 4.78 is 1.93. The highest BCUT2D eigenvalue weighted by molar-refractivity contribution is 7.99. The molecule has 0 aliphatic carbocycles. The molecule has 0 bridgehead atoms. The van der Waals surface area contributed by atoms with Gasteiger partial charge in [0.05, 0.1) is 17.9 Å². The van der Waals surface area contributed by atoms with Gasteiger partial charge >= 0.3 is 0 Å². The highest BCUT2D eigenvalue weighted by atomic mass is 32.2. The topological polar surface area (TPSA) is 42.7 Å². The standard InChI is InChI=1S/C12H16N4S2/c1-2-16-6-9(5-14-16)10-8-18-12(15-10)11-7-17-4-3-13-11/h5-6,8,11,13H,2-4,7H2,1H3. The Labute approximate surface area is 115 Å². The summed E-state index contributed by atoms with van der Waals surface area (Å²) in [6.45, 7) is 4.07. The number of thioether (sulfide) groups is 1. The average molecular weight is 280 g/mol. The molecule has 1 atom stereocenters. The third-order valence-electron chi connectivity index (χ3n) is 2.99. The van der Waals surface area contributed by atoms with Crippen molar-refractivity contribution >= 4 is 23.1 Å². The van der Waals surface area contributed by atoms with Gasteiger partial charge in [0.1, 0.15) is 5.01 Å². The van der Waals surface area contributed by atoms with Gasteiger partial charge in [-0.25, -0.2) is 4.98 Å². The van der Waals surface area contributed by atoms with Crippen molar-refractivity contribution in [2.75, 3.05) is 18.1 Å². The summed E-state index contributed by atoms with van der Waals surface area (Å²) in [5.41, 5.74) is 2.16. The maximum Gasteiger partial charge on any atom is 0.111 e. The molecule has 1 aliphatic rings. The molecule has 18 heavy (non-hydrogen) atoms. The van der Waals surface area contributed by atoms with Crippen LogP contribution in [0, 0.1) is 0 Å². The van der Waals surface area contributed by atoms with Crippen LogP contribution in [0.1, 0.15) is 18.0 Å². The zero-order valence-electron chi connectivity index (χ0n) is 10.3. The summed E-state index contributed by atoms with van der Waals surface area (Å²) in [7, 11) is 0. The number of hydrogen-bond acceptors (Lipinski definition) is 5. The van der Waals surface area contributed by atoms with E-state index in [0.29, 0.717) is 6.04 Å². The van der Waals surface area contributed by atoms with Gasteiger partial charge in [-0.2, -0.15) is 16.9 Å². The van der Waals surface area contributed by atoms with E-state index in [0.717, 1.165) is 30.1 Å². The molecule has 2 aromatic rings. The van der Waals surface area contributed by atoms with Crippen molar-refractivity contribution in [3.63, 3.8) is 0 Å². The van der Waals surface area contributed by atoms with Crippen LogP contribution in [0.15, 0.2) is 17.8 Å². The highest BCUT2D eigenvalue weighted by Crippen LogP contribution is 2.28. The Kier molecular flexibility index (Phi) is 3.67. The SMILES string of the molecule is CCn1cc(-c2csc(C3CSCCN3)n2)cn1. The minimum Gasteiger partial charge on any atom is -0.306 e. The smallest absolute Gasteiger partial charge is 0.111 e. The summed E-state index contributed by atoms with van der Waals surface area (Å²) in [5, 5.41) is 11.1. The lowest BCUT2D eigenvalue weighted by Crippen LogP contribution is -2.30. The Balaban J connectivity index is 1.79. The number of aromatic nitrogens is 3. The molecule has 1 aliphatic heterocycles. The van der Waals surface area contributed by atoms with Crippen molar-refractivity contribution in [2.45, 2.75) is 19.5 Å². The van der Waals surface area contributed by atoms with Gasteiger partial charge in [0.15, 0.2) is 0 Å². The minimum absolute atomic E-state index is 0.420. The number of rotatable bonds is 3. The third kappa shape index (κ3) is 2.46. The second kappa shape index (κ2) is 5.42. The maximum absolute atomic E-state index is 4.74. The first-order valence-electron chi connectivity index (χ1n) is 6.16. The largest absolute Gasteiger partial charge is 0.306 e. The molecule has 96 valence electrons. The number of thiazole rings is 1. The lowest BCUT2D eigenvalue weighted by molar-refractivity contribution is 0.592. The van der Waals surface area contributed by atoms with Gasteiger partial charge in [-0.15, -0.1) is 11.3 Å². The summed E-state index contributed by atoms with van der Waals surface area (Å²) >= 11 is 3.74. The van der Waals surface area contributed by atoms with Crippen LogP contribution in [0.5, 0.6) is 0 Å². The van der Waals surface area contributed by atoms with E-state index in [-0.39, 0.29) is 0 Å². The van der Waals surface area contributed by atoms with Gasteiger partial charge in [-0.1, -0.05) is 0 Å². The van der Waals surface area contributed by atoms with Crippen molar-refractivity contribution < 1.29 is 0 Å². The summed E-state index contributed by atoms with van der Waals surface area (Å²) in [6.07, 6.45) is 3.95. The summed E-state index contributed by atoms with van der Waals surface area (Å²) in [4.78, 5) is 4.74. The maximum atomic E-state index is 4.74. The Morgan fingerprint density at radius 3 is 3.22 bits per heavy atom. The predicted octanol–water partition coefficient (Wildman–Crippen LogP) is 2.40. The average Bonchev–Trinajstić information content (AvgIpc) is 3.08. The molecule has 1 N–H and O–H groups in total. The quantitative estimate of drug-likeness (QED) is 0.937. The van der Waals surface area contributed by atoms with Crippen LogP contribution in [0.2, 0.25) is 0 Å². The van der Waals surface area contributed by atoms with E-state index < -0.39 is 0 Å². The zero-order valence-corrected chi connectivity index (χ0v) is 11.9. The molecule has 0 saturated carbocycles. The Morgan fingerprint density at radius 2 is 2.50 bits per heavy atom. The first-order valence-corrected chi connectivity index (χ1v) is 8.19. The predicted molar refractivity (Wildman–Crippen MR) is 77.1 cm³/mol. The third-order valence-corrected chi connectivity index (χ3v) is 5.01. The lowest BCUT2D eigenvalue weighted by atomic mass is 10.3. The molecule has 2 aromatic heterocycles. The molecular formula is C12H16N4S2. The van der Waals surface area contributed by atoms with E-state index in [1.54, 1.807) is 11.3 Å². The van der Waals surface area contributed by atoms with Crippen LogP contribution in [0.25, 0.3) is 11.3 Å². The molecule has 1 unspecified atom stereocenters. The molecule has 0 aromatic carbocycles. The van der Waals surface area contributed by atoms with Gasteiger partial charge in [0, 0.05) is 41.7 Å². The zero-order chi connectivity index (χ0) is 12.4. The van der Waals surface area contributed by atoms with Crippen LogP contribution in [0.4, 0.5) is 0 Å². The van der Waals surface area contributed by atoms with E-state index in [4.69, 9.17) is 4.98 Å². The summed E-state index contributed by atoms with van der Waals surface area (Å²) in [5.74, 6) is 2.33. The Morgan fingerprint density at radius 1 is 1.56 bits per heavy atom. The van der Waals surface area contributed by atoms with Crippen molar-refractivity contribution in [1.82, 2.24) is 20.1 Å². The van der Waals surface area contributed by atoms with Crippen LogP contribution < -0.4 is 5.32 Å². The van der Waals surface area contributed by atoms with E-state index in [1.807, 2.05) is 22.6 Å². The molecule has 0 radical (unpaired) electrons. The van der Waals surface area contributed by atoms with E-state index in [1.165, 1.54) is 10.8 Å². The van der Waals surface area contributed by atoms with Gasteiger partial charge in [0.25, 0.3) is 0 Å². The molecule has 3 rings (SSSR count). The molecule has 0 spiro atoms. The Hall–Kier alpha value is -0.850. The van der Waals surface area contributed by atoms with Gasteiger partial charge < -0.3 is 5.32 Å². The van der Waals surface area contributed by atoms with Gasteiger partial charge in [0.2, 0.25) is 0 Å². The van der Waals surface area contributed by atoms with Crippen molar-refractivity contribution in [2.24, 2.45) is 0 Å². The van der Waals surface area contributed by atoms with Crippen molar-refractivity contribution in [1.29, 1.82) is 0 Å². The normalized spacial score (nSPS) is 20.2. The Bertz CT molecular complexity index is 514. The lowest BCUT2D eigenvalue weighted by Gasteiger charge is -2.20. The van der Waals surface area contributed by atoms with Gasteiger partial charge in [-0.3, -0.25) is 4.68 Å². The number of nitrogens with zero attached hydrogens (tertiary/aromatic N) is 3. The van der Waals surface area contributed by atoms with Gasteiger partial charge in [-0.05, 0) is 6.92 Å². The second-order valence-electron chi connectivity index (χ2n) is 4.24. The first-order chi connectivity index (χ1) is 8.86. The monoisotopic (exact) mass is 280 g/mol. The van der Waals surface area contributed by atoms with Crippen LogP contribution in [0.3, 0.4) is 0 Å². The molecule has 4 nitrogen and oxygen atoms in total. The fourth-order valence-electron chi connectivity index (χ4n) is 1.97. The van der Waals surface area contributed by atoms with E-state index in [9.17, 15) is 0 Å². The molecule has 1 fully saturated rings. The molecule has 1 saturated heterocycles. The van der Waals surface area contributed by atoms with Crippen molar-refractivity contribution in [3.05, 3.63) is 22.8 Å². The van der Waals surface area contributed by atoms with E-state index >= 15 is 0 Å². The van der Waals surface area contributed by atoms with Crippen LogP contribution in [-0.2, 0) is 6.54 Å². The molecular weight excluding hydrogens is 264 g/mol. The van der Waals surface area contributed by atoms with Crippen LogP contribution >= 0.6 is 23.1 Å². The number of nitrogens with one attached hydrogen (secondary N) is 1. The number of aryl methyl sites for hydroxylation is 1. The van der Waals surface area contributed by atoms with Crippen molar-refractivity contribution in [3.8, 4) is 11.3 Å². The minimum atomic E-state index is 0.420. The second-order valence-corrected chi connectivity index (χ2v) is 6.28. The summed E-state index contributed by atoms with van der Waals surface area (Å²) in [6, 6.07) is 0.420.